The molecule has 0 aliphatic carbocycles. The minimum atomic E-state index is -4.30. The number of aromatic hydroxyl groups is 1. The van der Waals surface area contributed by atoms with E-state index in [2.05, 4.69) is 0 Å². The van der Waals surface area contributed by atoms with Gasteiger partial charge in [-0.2, -0.15) is 0 Å². The van der Waals surface area contributed by atoms with Gasteiger partial charge in [0, 0.05) is 0 Å². The van der Waals surface area contributed by atoms with E-state index in [0.717, 1.165) is 5.56 Å². The summed E-state index contributed by atoms with van der Waals surface area (Å²) < 4.78 is 53.8. The number of rotatable bonds is 4. The minimum absolute atomic E-state index is 0.0144. The number of hydrogen-bond acceptors (Lipinski definition) is 5. The second-order valence-electron chi connectivity index (χ2n) is 7.15. The van der Waals surface area contributed by atoms with E-state index < -0.39 is 35.2 Å². The van der Waals surface area contributed by atoms with Gasteiger partial charge in [-0.05, 0) is 74.2 Å². The van der Waals surface area contributed by atoms with Gasteiger partial charge in [0.05, 0.1) is 14.7 Å². The summed E-state index contributed by atoms with van der Waals surface area (Å²) in [7, 11) is -8.50. The van der Waals surface area contributed by atoms with E-state index in [9.17, 15) is 21.9 Å². The summed E-state index contributed by atoms with van der Waals surface area (Å²) >= 11 is 0. The Labute approximate surface area is 171 Å². The van der Waals surface area contributed by atoms with Crippen molar-refractivity contribution in [3.63, 3.8) is 0 Å². The minimum Gasteiger partial charge on any atom is -0.507 e. The molecule has 0 aliphatic heterocycles. The van der Waals surface area contributed by atoms with Crippen molar-refractivity contribution in [2.24, 2.45) is 0 Å². The lowest BCUT2D eigenvalue weighted by Crippen LogP contribution is -2.13. The maximum absolute atomic E-state index is 13.5. The molecule has 0 saturated heterocycles. The van der Waals surface area contributed by atoms with E-state index in [1.807, 2.05) is 0 Å². The fourth-order valence-corrected chi connectivity index (χ4v) is 7.27. The van der Waals surface area contributed by atoms with E-state index in [1.165, 1.54) is 30.3 Å². The number of benzene rings is 3. The number of phenols is 1. The molecule has 0 radical (unpaired) electrons. The van der Waals surface area contributed by atoms with Gasteiger partial charge >= 0.3 is 0 Å². The zero-order valence-corrected chi connectivity index (χ0v) is 18.2. The zero-order valence-electron chi connectivity index (χ0n) is 16.6. The molecule has 0 atom stereocenters. The maximum Gasteiger partial charge on any atom is 0.211 e. The van der Waals surface area contributed by atoms with Crippen LogP contribution in [0.2, 0.25) is 0 Å². The van der Waals surface area contributed by atoms with Crippen molar-refractivity contribution in [2.75, 3.05) is 0 Å². The van der Waals surface area contributed by atoms with Crippen LogP contribution in [-0.4, -0.2) is 21.9 Å². The summed E-state index contributed by atoms with van der Waals surface area (Å²) in [6.07, 6.45) is 0. The van der Waals surface area contributed by atoms with Gasteiger partial charge in [-0.3, -0.25) is 0 Å². The maximum atomic E-state index is 13.5. The van der Waals surface area contributed by atoms with Crippen molar-refractivity contribution in [3.8, 4) is 5.75 Å². The summed E-state index contributed by atoms with van der Waals surface area (Å²) in [5.74, 6) is -0.600. The molecule has 0 bridgehead atoms. The highest BCUT2D eigenvalue weighted by molar-refractivity contribution is 7.94. The normalized spacial score (nSPS) is 12.1. The van der Waals surface area contributed by atoms with Gasteiger partial charge in [0.25, 0.3) is 0 Å². The Morgan fingerprint density at radius 3 is 1.62 bits per heavy atom. The molecular formula is C22H22O5S2. The molecule has 0 fully saturated rings. The highest BCUT2D eigenvalue weighted by Crippen LogP contribution is 2.38. The Morgan fingerprint density at radius 1 is 0.621 bits per heavy atom. The molecule has 7 heteroatoms. The van der Waals surface area contributed by atoms with Crippen molar-refractivity contribution in [2.45, 2.75) is 47.3 Å². The van der Waals surface area contributed by atoms with Crippen LogP contribution in [0, 0.1) is 27.7 Å². The van der Waals surface area contributed by atoms with Crippen LogP contribution in [0.25, 0.3) is 0 Å². The third-order valence-electron chi connectivity index (χ3n) is 4.78. The molecule has 0 saturated carbocycles. The average molecular weight is 431 g/mol. The lowest BCUT2D eigenvalue weighted by molar-refractivity contribution is 0.453. The van der Waals surface area contributed by atoms with Crippen LogP contribution in [0.1, 0.15) is 22.3 Å². The SMILES string of the molecule is Cc1ccc(C)c(S(=O)(=O)c2cccc(O)c2S(=O)(=O)c2cc(C)ccc2C)c1. The first kappa shape index (κ1) is 21.1. The van der Waals surface area contributed by atoms with E-state index in [4.69, 9.17) is 0 Å². The Kier molecular flexibility index (Phi) is 5.32. The van der Waals surface area contributed by atoms with Crippen LogP contribution in [0.3, 0.4) is 0 Å². The third-order valence-corrected chi connectivity index (χ3v) is 8.84. The van der Waals surface area contributed by atoms with E-state index in [0.29, 0.717) is 16.7 Å². The average Bonchev–Trinajstić information content (AvgIpc) is 2.65. The Bertz CT molecular complexity index is 1320. The van der Waals surface area contributed by atoms with Crippen LogP contribution in [0.4, 0.5) is 0 Å². The molecular weight excluding hydrogens is 408 g/mol. The second kappa shape index (κ2) is 7.31. The highest BCUT2D eigenvalue weighted by Gasteiger charge is 2.33. The van der Waals surface area contributed by atoms with E-state index >= 15 is 0 Å². The van der Waals surface area contributed by atoms with E-state index in [1.54, 1.807) is 52.0 Å². The first-order valence-corrected chi connectivity index (χ1v) is 11.9. The van der Waals surface area contributed by atoms with Gasteiger partial charge in [0.2, 0.25) is 19.7 Å². The monoisotopic (exact) mass is 430 g/mol. The van der Waals surface area contributed by atoms with Gasteiger partial charge in [0.1, 0.15) is 10.6 Å². The first-order valence-electron chi connectivity index (χ1n) is 8.93. The highest BCUT2D eigenvalue weighted by atomic mass is 32.2. The van der Waals surface area contributed by atoms with Crippen LogP contribution < -0.4 is 0 Å². The van der Waals surface area contributed by atoms with E-state index in [-0.39, 0.29) is 9.79 Å². The zero-order chi connectivity index (χ0) is 21.6. The molecule has 1 N–H and O–H groups in total. The molecule has 3 aromatic carbocycles. The number of aryl methyl sites for hydroxylation is 4. The lowest BCUT2D eigenvalue weighted by Gasteiger charge is -2.16. The molecule has 3 aromatic rings. The van der Waals surface area contributed by atoms with Crippen molar-refractivity contribution in [1.82, 2.24) is 0 Å². The summed E-state index contributed by atoms with van der Waals surface area (Å²) in [5.41, 5.74) is 2.40. The number of sulfone groups is 2. The first-order chi connectivity index (χ1) is 13.5. The molecule has 0 aliphatic rings. The fraction of sp³-hybridized carbons (Fsp3) is 0.182. The number of hydrogen-bond donors (Lipinski definition) is 1. The third kappa shape index (κ3) is 3.68. The topological polar surface area (TPSA) is 88.5 Å². The van der Waals surface area contributed by atoms with Crippen LogP contribution in [0.5, 0.6) is 5.75 Å². The Hall–Kier alpha value is -2.64. The van der Waals surface area contributed by atoms with Gasteiger partial charge in [0.15, 0.2) is 0 Å². The Balaban J connectivity index is 2.37. The van der Waals surface area contributed by atoms with Crippen LogP contribution in [0.15, 0.2) is 74.2 Å². The predicted molar refractivity (Wildman–Crippen MR) is 111 cm³/mol. The van der Waals surface area contributed by atoms with Gasteiger partial charge < -0.3 is 5.11 Å². The molecule has 5 nitrogen and oxygen atoms in total. The van der Waals surface area contributed by atoms with Crippen molar-refractivity contribution >= 4 is 19.7 Å². The largest absolute Gasteiger partial charge is 0.507 e. The molecule has 0 aromatic heterocycles. The molecule has 152 valence electrons. The molecule has 0 spiro atoms. The summed E-state index contributed by atoms with van der Waals surface area (Å²) in [6, 6.07) is 13.6. The van der Waals surface area contributed by atoms with Gasteiger partial charge in [-0.1, -0.05) is 30.3 Å². The fourth-order valence-electron chi connectivity index (χ4n) is 3.21. The van der Waals surface area contributed by atoms with Crippen molar-refractivity contribution < 1.29 is 21.9 Å². The molecule has 0 unspecified atom stereocenters. The smallest absolute Gasteiger partial charge is 0.211 e. The standard InChI is InChI=1S/C22H22O5S2/c1-14-8-10-16(3)20(12-14)28(24,25)19-7-5-6-18(23)22(19)29(26,27)21-13-15(2)9-11-17(21)4/h5-13,23H,1-4H3. The Morgan fingerprint density at radius 2 is 1.10 bits per heavy atom. The summed E-state index contributed by atoms with van der Waals surface area (Å²) in [5, 5.41) is 10.4. The van der Waals surface area contributed by atoms with Gasteiger partial charge in [-0.25, -0.2) is 16.8 Å². The quantitative estimate of drug-likeness (QED) is 0.667. The van der Waals surface area contributed by atoms with Gasteiger partial charge in [-0.15, -0.1) is 0 Å². The van der Waals surface area contributed by atoms with Crippen LogP contribution in [-0.2, 0) is 19.7 Å². The number of phenolic OH excluding ortho intramolecular Hbond substituents is 1. The second-order valence-corrected chi connectivity index (χ2v) is 10.9. The molecule has 29 heavy (non-hydrogen) atoms. The molecule has 0 amide bonds. The van der Waals surface area contributed by atoms with Crippen molar-refractivity contribution in [3.05, 3.63) is 76.9 Å². The molecule has 3 rings (SSSR count). The summed E-state index contributed by atoms with van der Waals surface area (Å²) in [4.78, 5) is -1.06. The predicted octanol–water partition coefficient (Wildman–Crippen LogP) is 4.29. The van der Waals surface area contributed by atoms with Crippen molar-refractivity contribution in [1.29, 1.82) is 0 Å². The van der Waals surface area contributed by atoms with Crippen LogP contribution >= 0.6 is 0 Å². The summed E-state index contributed by atoms with van der Waals surface area (Å²) in [6.45, 7) is 6.78. The lowest BCUT2D eigenvalue weighted by atomic mass is 10.2. The molecule has 0 heterocycles.